The lowest BCUT2D eigenvalue weighted by atomic mass is 9.96. The first-order chi connectivity index (χ1) is 8.49. The topological polar surface area (TPSA) is 63.8 Å². The van der Waals surface area contributed by atoms with Crippen molar-refractivity contribution in [2.45, 2.75) is 32.7 Å². The van der Waals surface area contributed by atoms with Crippen LogP contribution in [0, 0.1) is 0 Å². The molecule has 3 N–H and O–H groups in total. The summed E-state index contributed by atoms with van der Waals surface area (Å²) >= 11 is 1.38. The van der Waals surface area contributed by atoms with Gasteiger partial charge in [0.05, 0.1) is 0 Å². The molecule has 0 saturated heterocycles. The molecule has 0 unspecified atom stereocenters. The minimum Gasteiger partial charge on any atom is -0.330 e. The van der Waals surface area contributed by atoms with Crippen LogP contribution in [0.1, 0.15) is 32.2 Å². The Bertz CT molecular complexity index is 528. The van der Waals surface area contributed by atoms with E-state index in [2.05, 4.69) is 35.4 Å². The smallest absolute Gasteiger partial charge is 0.207 e. The molecule has 0 aliphatic carbocycles. The lowest BCUT2D eigenvalue weighted by Crippen LogP contribution is -2.13. The highest BCUT2D eigenvalue weighted by Crippen LogP contribution is 2.25. The molecule has 0 atom stereocenters. The Morgan fingerprint density at radius 1 is 1.33 bits per heavy atom. The van der Waals surface area contributed by atoms with Crippen LogP contribution in [0.15, 0.2) is 24.3 Å². The second-order valence-electron chi connectivity index (χ2n) is 5.20. The molecular formula is C13H18N4S. The number of anilines is 2. The lowest BCUT2D eigenvalue weighted by Gasteiger charge is -2.12. The maximum absolute atomic E-state index is 5.62. The highest BCUT2D eigenvalue weighted by molar-refractivity contribution is 7.09. The van der Waals surface area contributed by atoms with Crippen LogP contribution in [-0.2, 0) is 12.0 Å². The molecule has 0 amide bonds. The van der Waals surface area contributed by atoms with Crippen LogP contribution >= 0.6 is 11.5 Å². The van der Waals surface area contributed by atoms with Gasteiger partial charge in [0.1, 0.15) is 5.82 Å². The minimum atomic E-state index is -0.0183. The van der Waals surface area contributed by atoms with Crippen LogP contribution in [0.4, 0.5) is 10.8 Å². The van der Waals surface area contributed by atoms with Crippen molar-refractivity contribution in [2.24, 2.45) is 5.73 Å². The van der Waals surface area contributed by atoms with Gasteiger partial charge in [-0.15, -0.1) is 0 Å². The van der Waals surface area contributed by atoms with Crippen LogP contribution in [0.25, 0.3) is 0 Å². The molecule has 0 aliphatic heterocycles. The number of hydrogen-bond donors (Lipinski definition) is 2. The van der Waals surface area contributed by atoms with Gasteiger partial charge in [0.2, 0.25) is 5.13 Å². The summed E-state index contributed by atoms with van der Waals surface area (Å²) < 4.78 is 4.37. The minimum absolute atomic E-state index is 0.0183. The fraction of sp³-hybridized carbons (Fsp3) is 0.385. The Kier molecular flexibility index (Phi) is 3.63. The van der Waals surface area contributed by atoms with Crippen molar-refractivity contribution in [1.82, 2.24) is 9.36 Å². The summed E-state index contributed by atoms with van der Waals surface area (Å²) in [6.07, 6.45) is 0. The number of benzene rings is 1. The average molecular weight is 262 g/mol. The standard InChI is InChI=1S/C13H18N4S/c1-13(2,3)11-16-12(18-17-11)15-10-6-4-5-9(7-10)8-14/h4-7H,8,14H2,1-3H3,(H,15,16,17). The molecule has 0 saturated carbocycles. The third-order valence-electron chi connectivity index (χ3n) is 2.51. The molecule has 96 valence electrons. The maximum atomic E-state index is 5.62. The van der Waals surface area contributed by atoms with Gasteiger partial charge in [-0.1, -0.05) is 32.9 Å². The molecule has 1 aromatic carbocycles. The third kappa shape index (κ3) is 3.05. The zero-order valence-electron chi connectivity index (χ0n) is 10.9. The molecule has 0 aliphatic rings. The normalized spacial score (nSPS) is 11.6. The molecule has 18 heavy (non-hydrogen) atoms. The predicted molar refractivity (Wildman–Crippen MR) is 76.2 cm³/mol. The van der Waals surface area contributed by atoms with E-state index in [1.807, 2.05) is 24.3 Å². The summed E-state index contributed by atoms with van der Waals surface area (Å²) in [6.45, 7) is 6.86. The number of nitrogens with one attached hydrogen (secondary N) is 1. The second-order valence-corrected chi connectivity index (χ2v) is 5.95. The van der Waals surface area contributed by atoms with Crippen molar-refractivity contribution < 1.29 is 0 Å². The Labute approximate surface area is 111 Å². The summed E-state index contributed by atoms with van der Waals surface area (Å²) in [5.41, 5.74) is 7.69. The van der Waals surface area contributed by atoms with Crippen LogP contribution in [0.3, 0.4) is 0 Å². The monoisotopic (exact) mass is 262 g/mol. The Hall–Kier alpha value is -1.46. The first-order valence-corrected chi connectivity index (χ1v) is 6.66. The van der Waals surface area contributed by atoms with E-state index in [0.29, 0.717) is 6.54 Å². The van der Waals surface area contributed by atoms with Gasteiger partial charge in [0.15, 0.2) is 0 Å². The molecule has 4 nitrogen and oxygen atoms in total. The summed E-state index contributed by atoms with van der Waals surface area (Å²) in [5, 5.41) is 4.07. The fourth-order valence-corrected chi connectivity index (χ4v) is 2.26. The predicted octanol–water partition coefficient (Wildman–Crippen LogP) is 3.04. The molecule has 0 bridgehead atoms. The highest BCUT2D eigenvalue weighted by Gasteiger charge is 2.19. The summed E-state index contributed by atoms with van der Waals surface area (Å²) in [6, 6.07) is 8.01. The van der Waals surface area contributed by atoms with Crippen LogP contribution in [0.5, 0.6) is 0 Å². The Balaban J connectivity index is 2.16. The quantitative estimate of drug-likeness (QED) is 0.892. The van der Waals surface area contributed by atoms with E-state index in [4.69, 9.17) is 5.73 Å². The van der Waals surface area contributed by atoms with E-state index >= 15 is 0 Å². The van der Waals surface area contributed by atoms with E-state index in [0.717, 1.165) is 22.2 Å². The number of hydrogen-bond acceptors (Lipinski definition) is 5. The summed E-state index contributed by atoms with van der Waals surface area (Å²) in [7, 11) is 0. The molecular weight excluding hydrogens is 244 g/mol. The largest absolute Gasteiger partial charge is 0.330 e. The van der Waals surface area contributed by atoms with Gasteiger partial charge in [-0.3, -0.25) is 0 Å². The van der Waals surface area contributed by atoms with Crippen molar-refractivity contribution in [3.8, 4) is 0 Å². The van der Waals surface area contributed by atoms with E-state index in [-0.39, 0.29) is 5.41 Å². The van der Waals surface area contributed by atoms with E-state index in [9.17, 15) is 0 Å². The zero-order valence-corrected chi connectivity index (χ0v) is 11.7. The zero-order chi connectivity index (χ0) is 13.2. The molecule has 2 aromatic rings. The highest BCUT2D eigenvalue weighted by atomic mass is 32.1. The molecule has 1 heterocycles. The molecule has 2 rings (SSSR count). The van der Waals surface area contributed by atoms with E-state index in [1.165, 1.54) is 11.5 Å². The van der Waals surface area contributed by atoms with Crippen molar-refractivity contribution in [3.63, 3.8) is 0 Å². The van der Waals surface area contributed by atoms with Gasteiger partial charge in [0.25, 0.3) is 0 Å². The molecule has 0 radical (unpaired) electrons. The number of rotatable bonds is 3. The Morgan fingerprint density at radius 2 is 2.11 bits per heavy atom. The first kappa shape index (κ1) is 13.0. The molecule has 1 aromatic heterocycles. The summed E-state index contributed by atoms with van der Waals surface area (Å²) in [5.74, 6) is 0.866. The van der Waals surface area contributed by atoms with E-state index in [1.54, 1.807) is 0 Å². The van der Waals surface area contributed by atoms with Crippen molar-refractivity contribution in [1.29, 1.82) is 0 Å². The van der Waals surface area contributed by atoms with Crippen LogP contribution < -0.4 is 11.1 Å². The van der Waals surface area contributed by atoms with Crippen molar-refractivity contribution >= 4 is 22.4 Å². The number of nitrogens with zero attached hydrogens (tertiary/aromatic N) is 2. The molecule has 0 spiro atoms. The van der Waals surface area contributed by atoms with Gasteiger partial charge in [-0.2, -0.15) is 4.37 Å². The van der Waals surface area contributed by atoms with Crippen LogP contribution in [-0.4, -0.2) is 9.36 Å². The number of nitrogens with two attached hydrogens (primary N) is 1. The maximum Gasteiger partial charge on any atom is 0.207 e. The van der Waals surface area contributed by atoms with Crippen molar-refractivity contribution in [3.05, 3.63) is 35.7 Å². The van der Waals surface area contributed by atoms with Gasteiger partial charge in [-0.25, -0.2) is 4.98 Å². The average Bonchev–Trinajstić information content (AvgIpc) is 2.77. The second kappa shape index (κ2) is 5.04. The fourth-order valence-electron chi connectivity index (χ4n) is 1.48. The summed E-state index contributed by atoms with van der Waals surface area (Å²) in [4.78, 5) is 4.50. The number of aromatic nitrogens is 2. The van der Waals surface area contributed by atoms with Crippen molar-refractivity contribution in [2.75, 3.05) is 5.32 Å². The van der Waals surface area contributed by atoms with E-state index < -0.39 is 0 Å². The van der Waals surface area contributed by atoms with Gasteiger partial charge < -0.3 is 11.1 Å². The molecule has 0 fully saturated rings. The van der Waals surface area contributed by atoms with Crippen LogP contribution in [0.2, 0.25) is 0 Å². The SMILES string of the molecule is CC(C)(C)c1nsc(Nc2cccc(CN)c2)n1. The van der Waals surface area contributed by atoms with Gasteiger partial charge in [0, 0.05) is 29.2 Å². The first-order valence-electron chi connectivity index (χ1n) is 5.89. The van der Waals surface area contributed by atoms with Gasteiger partial charge in [-0.05, 0) is 17.7 Å². The molecule has 5 heteroatoms. The Morgan fingerprint density at radius 3 is 2.72 bits per heavy atom. The third-order valence-corrected chi connectivity index (χ3v) is 3.14. The lowest BCUT2D eigenvalue weighted by molar-refractivity contribution is 0.555. The van der Waals surface area contributed by atoms with Gasteiger partial charge >= 0.3 is 0 Å².